The summed E-state index contributed by atoms with van der Waals surface area (Å²) in [7, 11) is 1.56. The van der Waals surface area contributed by atoms with Crippen LogP contribution in [0.5, 0.6) is 5.75 Å². The lowest BCUT2D eigenvalue weighted by molar-refractivity contribution is -0.123. The third kappa shape index (κ3) is 5.51. The van der Waals surface area contributed by atoms with Crippen LogP contribution in [0.1, 0.15) is 12.8 Å². The minimum Gasteiger partial charge on any atom is -0.497 e. The summed E-state index contributed by atoms with van der Waals surface area (Å²) in [4.78, 5) is 21.5. The fourth-order valence-corrected chi connectivity index (χ4v) is 6.63. The molecule has 0 bridgehead atoms. The SMILES string of the molecule is COc1ccc(S(=O)(=O)N2CCC(C(=O)N(CCN(C)C)c3nc4c(F)cc(F)cc4s3)CC2)cc1. The van der Waals surface area contributed by atoms with Crippen molar-refractivity contribution < 1.29 is 26.7 Å². The first-order chi connectivity index (χ1) is 17.1. The third-order valence-corrected chi connectivity index (χ3v) is 9.11. The zero-order chi connectivity index (χ0) is 26.0. The molecule has 0 aliphatic carbocycles. The van der Waals surface area contributed by atoms with Crippen LogP contribution in [0.25, 0.3) is 10.2 Å². The highest BCUT2D eigenvalue weighted by Crippen LogP contribution is 2.33. The number of carbonyl (C=O) groups excluding carboxylic acids is 1. The van der Waals surface area contributed by atoms with Crippen molar-refractivity contribution in [2.75, 3.05) is 52.3 Å². The van der Waals surface area contributed by atoms with Gasteiger partial charge >= 0.3 is 0 Å². The monoisotopic (exact) mass is 538 g/mol. The number of methoxy groups -OCH3 is 1. The van der Waals surface area contributed by atoms with E-state index >= 15 is 0 Å². The fourth-order valence-electron chi connectivity index (χ4n) is 4.12. The number of fused-ring (bicyclic) bond motifs is 1. The molecule has 194 valence electrons. The lowest BCUT2D eigenvalue weighted by Gasteiger charge is -2.33. The number of sulfonamides is 1. The number of halogens is 2. The molecule has 36 heavy (non-hydrogen) atoms. The number of thiazole rings is 1. The zero-order valence-corrected chi connectivity index (χ0v) is 21.9. The number of piperidine rings is 1. The molecule has 0 saturated carbocycles. The number of likely N-dealkylation sites (N-methyl/N-ethyl adjacent to an activating group) is 1. The predicted octanol–water partition coefficient (Wildman–Crippen LogP) is 3.58. The van der Waals surface area contributed by atoms with Gasteiger partial charge in [-0.15, -0.1) is 0 Å². The zero-order valence-electron chi connectivity index (χ0n) is 20.3. The highest BCUT2D eigenvalue weighted by atomic mass is 32.2. The van der Waals surface area contributed by atoms with Crippen molar-refractivity contribution in [1.29, 1.82) is 0 Å². The second kappa shape index (κ2) is 10.8. The average molecular weight is 539 g/mol. The Kier molecular flexibility index (Phi) is 7.88. The Labute approximate surface area is 213 Å². The van der Waals surface area contributed by atoms with Crippen LogP contribution in [-0.4, -0.2) is 75.9 Å². The van der Waals surface area contributed by atoms with Gasteiger partial charge in [0.25, 0.3) is 0 Å². The molecule has 0 unspecified atom stereocenters. The fraction of sp³-hybridized carbons (Fsp3) is 0.417. The van der Waals surface area contributed by atoms with Crippen molar-refractivity contribution in [3.63, 3.8) is 0 Å². The van der Waals surface area contributed by atoms with Crippen LogP contribution in [0.4, 0.5) is 13.9 Å². The van der Waals surface area contributed by atoms with E-state index in [0.29, 0.717) is 41.5 Å². The van der Waals surface area contributed by atoms with Crippen molar-refractivity contribution in [1.82, 2.24) is 14.2 Å². The highest BCUT2D eigenvalue weighted by Gasteiger charge is 2.35. The summed E-state index contributed by atoms with van der Waals surface area (Å²) in [6, 6.07) is 8.18. The van der Waals surface area contributed by atoms with Crippen molar-refractivity contribution in [2.24, 2.45) is 5.92 Å². The number of carbonyl (C=O) groups is 1. The molecule has 1 fully saturated rings. The first-order valence-electron chi connectivity index (χ1n) is 11.5. The van der Waals surface area contributed by atoms with E-state index in [1.807, 2.05) is 19.0 Å². The van der Waals surface area contributed by atoms with Crippen LogP contribution < -0.4 is 9.64 Å². The Balaban J connectivity index is 1.51. The maximum Gasteiger partial charge on any atom is 0.243 e. The second-order valence-corrected chi connectivity index (χ2v) is 11.8. The highest BCUT2D eigenvalue weighted by molar-refractivity contribution is 7.89. The minimum absolute atomic E-state index is 0.0273. The van der Waals surface area contributed by atoms with Crippen LogP contribution in [0, 0.1) is 17.6 Å². The van der Waals surface area contributed by atoms with Gasteiger partial charge < -0.3 is 9.64 Å². The van der Waals surface area contributed by atoms with E-state index in [-0.39, 0.29) is 29.4 Å². The molecule has 1 amide bonds. The number of benzene rings is 2. The van der Waals surface area contributed by atoms with Gasteiger partial charge in [0.2, 0.25) is 15.9 Å². The predicted molar refractivity (Wildman–Crippen MR) is 135 cm³/mol. The first kappa shape index (κ1) is 26.4. The van der Waals surface area contributed by atoms with E-state index in [2.05, 4.69) is 4.98 Å². The van der Waals surface area contributed by atoms with Gasteiger partial charge in [-0.3, -0.25) is 9.69 Å². The topological polar surface area (TPSA) is 83.0 Å². The van der Waals surface area contributed by atoms with Crippen LogP contribution in [0.2, 0.25) is 0 Å². The second-order valence-electron chi connectivity index (χ2n) is 8.88. The number of hydrogen-bond donors (Lipinski definition) is 0. The van der Waals surface area contributed by atoms with E-state index < -0.39 is 27.6 Å². The lowest BCUT2D eigenvalue weighted by Crippen LogP contribution is -2.46. The minimum atomic E-state index is -3.70. The maximum atomic E-state index is 14.3. The van der Waals surface area contributed by atoms with Gasteiger partial charge in [0.05, 0.1) is 16.7 Å². The van der Waals surface area contributed by atoms with Gasteiger partial charge in [0, 0.05) is 38.2 Å². The van der Waals surface area contributed by atoms with Crippen LogP contribution in [0.3, 0.4) is 0 Å². The molecule has 1 saturated heterocycles. The number of nitrogens with zero attached hydrogens (tertiary/aromatic N) is 4. The number of hydrogen-bond acceptors (Lipinski definition) is 7. The van der Waals surface area contributed by atoms with Gasteiger partial charge in [-0.25, -0.2) is 22.2 Å². The Morgan fingerprint density at radius 1 is 1.14 bits per heavy atom. The largest absolute Gasteiger partial charge is 0.497 e. The van der Waals surface area contributed by atoms with E-state index in [0.717, 1.165) is 17.4 Å². The number of ether oxygens (including phenoxy) is 1. The molecule has 0 radical (unpaired) electrons. The summed E-state index contributed by atoms with van der Waals surface area (Å²) in [5, 5.41) is 0.301. The summed E-state index contributed by atoms with van der Waals surface area (Å²) >= 11 is 1.06. The first-order valence-corrected chi connectivity index (χ1v) is 13.7. The number of aromatic nitrogens is 1. The van der Waals surface area contributed by atoms with E-state index in [1.165, 1.54) is 34.5 Å². The van der Waals surface area contributed by atoms with Gasteiger partial charge in [-0.05, 0) is 57.3 Å². The molecule has 2 heterocycles. The molecule has 2 aromatic carbocycles. The molecule has 12 heteroatoms. The molecule has 1 aromatic heterocycles. The summed E-state index contributed by atoms with van der Waals surface area (Å²) in [5.41, 5.74) is 0.0273. The molecular weight excluding hydrogens is 510 g/mol. The number of amides is 1. The Morgan fingerprint density at radius 2 is 1.81 bits per heavy atom. The summed E-state index contributed by atoms with van der Waals surface area (Å²) in [6.07, 6.45) is 0.696. The van der Waals surface area contributed by atoms with Crippen molar-refractivity contribution >= 4 is 42.6 Å². The van der Waals surface area contributed by atoms with Gasteiger partial charge in [0.15, 0.2) is 10.9 Å². The van der Waals surface area contributed by atoms with Gasteiger partial charge in [0.1, 0.15) is 17.1 Å². The van der Waals surface area contributed by atoms with Crippen molar-refractivity contribution in [3.8, 4) is 5.75 Å². The number of anilines is 1. The van der Waals surface area contributed by atoms with Crippen molar-refractivity contribution in [3.05, 3.63) is 48.0 Å². The number of rotatable bonds is 8. The van der Waals surface area contributed by atoms with Crippen LogP contribution in [-0.2, 0) is 14.8 Å². The van der Waals surface area contributed by atoms with Crippen LogP contribution >= 0.6 is 11.3 Å². The Bertz CT molecular complexity index is 1340. The van der Waals surface area contributed by atoms with E-state index in [4.69, 9.17) is 4.74 Å². The summed E-state index contributed by atoms with van der Waals surface area (Å²) in [6.45, 7) is 1.27. The van der Waals surface area contributed by atoms with Crippen LogP contribution in [0.15, 0.2) is 41.3 Å². The quantitative estimate of drug-likeness (QED) is 0.436. The molecule has 8 nitrogen and oxygen atoms in total. The Hall–Kier alpha value is -2.67. The average Bonchev–Trinajstić information content (AvgIpc) is 3.28. The standard InChI is InChI=1S/C24H28F2N4O4S2/c1-28(2)12-13-30(24-27-22-20(26)14-17(25)15-21(22)35-24)23(31)16-8-10-29(11-9-16)36(32,33)19-6-4-18(34-3)5-7-19/h4-7,14-16H,8-13H2,1-3H3. The molecule has 3 aromatic rings. The lowest BCUT2D eigenvalue weighted by atomic mass is 9.96. The van der Waals surface area contributed by atoms with Gasteiger partial charge in [-0.2, -0.15) is 4.31 Å². The maximum absolute atomic E-state index is 14.3. The molecule has 1 aliphatic rings. The smallest absolute Gasteiger partial charge is 0.243 e. The van der Waals surface area contributed by atoms with Gasteiger partial charge in [-0.1, -0.05) is 11.3 Å². The molecule has 0 spiro atoms. The van der Waals surface area contributed by atoms with Crippen molar-refractivity contribution in [2.45, 2.75) is 17.7 Å². The molecular formula is C24H28F2N4O4S2. The normalized spacial score (nSPS) is 15.5. The van der Waals surface area contributed by atoms with E-state index in [1.54, 1.807) is 12.1 Å². The Morgan fingerprint density at radius 3 is 2.42 bits per heavy atom. The summed E-state index contributed by atoms with van der Waals surface area (Å²) in [5.74, 6) is -1.52. The molecule has 0 N–H and O–H groups in total. The summed E-state index contributed by atoms with van der Waals surface area (Å²) < 4.78 is 60.9. The molecule has 4 rings (SSSR count). The third-order valence-electron chi connectivity index (χ3n) is 6.17. The molecule has 0 atom stereocenters. The molecule has 1 aliphatic heterocycles. The van der Waals surface area contributed by atoms with E-state index in [9.17, 15) is 22.0 Å².